The van der Waals surface area contributed by atoms with Crippen molar-refractivity contribution < 1.29 is 0 Å². The van der Waals surface area contributed by atoms with Gasteiger partial charge in [0.15, 0.2) is 0 Å². The Morgan fingerprint density at radius 2 is 2.32 bits per heavy atom. The van der Waals surface area contributed by atoms with Crippen molar-refractivity contribution in [2.24, 2.45) is 0 Å². The van der Waals surface area contributed by atoms with Crippen LogP contribution in [0.1, 0.15) is 26.2 Å². The van der Waals surface area contributed by atoms with E-state index in [2.05, 4.69) is 47.2 Å². The van der Waals surface area contributed by atoms with Gasteiger partial charge in [0.05, 0.1) is 23.8 Å². The molecule has 1 unspecified atom stereocenters. The second-order valence-electron chi connectivity index (χ2n) is 5.53. The highest BCUT2D eigenvalue weighted by molar-refractivity contribution is 5.55. The van der Waals surface area contributed by atoms with Gasteiger partial charge in [-0.2, -0.15) is 0 Å². The van der Waals surface area contributed by atoms with Crippen molar-refractivity contribution >= 4 is 11.4 Å². The predicted octanol–water partition coefficient (Wildman–Crippen LogP) is 2.43. The van der Waals surface area contributed by atoms with E-state index in [1.807, 2.05) is 12.4 Å². The van der Waals surface area contributed by atoms with Gasteiger partial charge in [0.2, 0.25) is 0 Å². The number of nitrogens with one attached hydrogen (secondary N) is 1. The average Bonchev–Trinajstić information content (AvgIpc) is 2.44. The van der Waals surface area contributed by atoms with Crippen LogP contribution in [0, 0.1) is 0 Å². The van der Waals surface area contributed by atoms with Crippen molar-refractivity contribution in [2.45, 2.75) is 32.2 Å². The molecule has 19 heavy (non-hydrogen) atoms. The van der Waals surface area contributed by atoms with Crippen molar-refractivity contribution in [1.29, 1.82) is 0 Å². The molecule has 0 spiro atoms. The lowest BCUT2D eigenvalue weighted by Crippen LogP contribution is -2.45. The third kappa shape index (κ3) is 3.83. The highest BCUT2D eigenvalue weighted by atomic mass is 15.2. The first-order valence-electron chi connectivity index (χ1n) is 7.31. The summed E-state index contributed by atoms with van der Waals surface area (Å²) in [5.74, 6) is 0. The van der Waals surface area contributed by atoms with Crippen molar-refractivity contribution in [2.75, 3.05) is 43.9 Å². The molecule has 0 aliphatic carbocycles. The number of pyridine rings is 1. The number of hydrogen-bond acceptors (Lipinski definition) is 4. The minimum absolute atomic E-state index is 0.599. The zero-order chi connectivity index (χ0) is 13.7. The molecule has 1 saturated heterocycles. The number of anilines is 2. The molecule has 0 amide bonds. The maximum atomic E-state index is 4.35. The third-order valence-electron chi connectivity index (χ3n) is 3.86. The summed E-state index contributed by atoms with van der Waals surface area (Å²) >= 11 is 0. The van der Waals surface area contributed by atoms with E-state index in [-0.39, 0.29) is 0 Å². The SMILES string of the molecule is CCCNc1cncc(N(C)C2CCCN(C)C2)c1. The molecule has 106 valence electrons. The average molecular weight is 262 g/mol. The lowest BCUT2D eigenvalue weighted by atomic mass is 10.0. The van der Waals surface area contributed by atoms with E-state index in [1.165, 1.54) is 25.1 Å². The number of piperidine rings is 1. The first-order valence-corrected chi connectivity index (χ1v) is 7.31. The first-order chi connectivity index (χ1) is 9.20. The largest absolute Gasteiger partial charge is 0.384 e. The van der Waals surface area contributed by atoms with Crippen LogP contribution in [0.2, 0.25) is 0 Å². The molecule has 2 heterocycles. The van der Waals surface area contributed by atoms with Crippen LogP contribution in [0.4, 0.5) is 11.4 Å². The number of nitrogens with zero attached hydrogens (tertiary/aromatic N) is 3. The van der Waals surface area contributed by atoms with Crippen LogP contribution in [0.5, 0.6) is 0 Å². The zero-order valence-corrected chi connectivity index (χ0v) is 12.4. The van der Waals surface area contributed by atoms with Crippen molar-refractivity contribution in [3.05, 3.63) is 18.5 Å². The van der Waals surface area contributed by atoms with Gasteiger partial charge in [0, 0.05) is 26.2 Å². The minimum atomic E-state index is 0.599. The topological polar surface area (TPSA) is 31.4 Å². The highest BCUT2D eigenvalue weighted by Crippen LogP contribution is 2.22. The molecule has 1 fully saturated rings. The molecule has 0 saturated carbocycles. The second-order valence-corrected chi connectivity index (χ2v) is 5.53. The first kappa shape index (κ1) is 14.1. The van der Waals surface area contributed by atoms with Crippen LogP contribution in [-0.4, -0.2) is 49.7 Å². The number of hydrogen-bond donors (Lipinski definition) is 1. The van der Waals surface area contributed by atoms with Crippen LogP contribution in [0.15, 0.2) is 18.5 Å². The Bertz CT molecular complexity index is 393. The van der Waals surface area contributed by atoms with E-state index >= 15 is 0 Å². The molecule has 2 rings (SSSR count). The molecule has 1 aliphatic heterocycles. The fraction of sp³-hybridized carbons (Fsp3) is 0.667. The maximum Gasteiger partial charge on any atom is 0.0573 e. The monoisotopic (exact) mass is 262 g/mol. The van der Waals surface area contributed by atoms with E-state index in [4.69, 9.17) is 0 Å². The smallest absolute Gasteiger partial charge is 0.0573 e. The molecule has 0 radical (unpaired) electrons. The van der Waals surface area contributed by atoms with Gasteiger partial charge < -0.3 is 15.1 Å². The van der Waals surface area contributed by atoms with Gasteiger partial charge in [-0.25, -0.2) is 0 Å². The van der Waals surface area contributed by atoms with Crippen LogP contribution in [0.25, 0.3) is 0 Å². The van der Waals surface area contributed by atoms with E-state index in [0.717, 1.165) is 25.2 Å². The number of likely N-dealkylation sites (tertiary alicyclic amines) is 1. The predicted molar refractivity (Wildman–Crippen MR) is 81.9 cm³/mol. The fourth-order valence-electron chi connectivity index (χ4n) is 2.65. The standard InChI is InChI=1S/C15H26N4/c1-4-7-17-13-9-15(11-16-10-13)19(3)14-6-5-8-18(2)12-14/h9-11,14,17H,4-8,12H2,1-3H3. The van der Waals surface area contributed by atoms with Crippen molar-refractivity contribution in [3.8, 4) is 0 Å². The van der Waals surface area contributed by atoms with Crippen molar-refractivity contribution in [3.63, 3.8) is 0 Å². The molecule has 1 aromatic heterocycles. The van der Waals surface area contributed by atoms with Gasteiger partial charge in [-0.3, -0.25) is 4.98 Å². The zero-order valence-electron chi connectivity index (χ0n) is 12.4. The summed E-state index contributed by atoms with van der Waals surface area (Å²) in [6, 6.07) is 2.80. The molecule has 1 N–H and O–H groups in total. The van der Waals surface area contributed by atoms with Gasteiger partial charge in [-0.15, -0.1) is 0 Å². The summed E-state index contributed by atoms with van der Waals surface area (Å²) in [6.45, 7) is 5.54. The summed E-state index contributed by atoms with van der Waals surface area (Å²) < 4.78 is 0. The van der Waals surface area contributed by atoms with Gasteiger partial charge in [-0.05, 0) is 38.9 Å². The maximum absolute atomic E-state index is 4.35. The summed E-state index contributed by atoms with van der Waals surface area (Å²) in [4.78, 5) is 9.14. The summed E-state index contributed by atoms with van der Waals surface area (Å²) in [5, 5.41) is 3.40. The lowest BCUT2D eigenvalue weighted by molar-refractivity contribution is 0.248. The Morgan fingerprint density at radius 1 is 1.47 bits per heavy atom. The van der Waals surface area contributed by atoms with Gasteiger partial charge >= 0.3 is 0 Å². The second kappa shape index (κ2) is 6.75. The molecular weight excluding hydrogens is 236 g/mol. The number of likely N-dealkylation sites (N-methyl/N-ethyl adjacent to an activating group) is 2. The van der Waals surface area contributed by atoms with E-state index in [0.29, 0.717) is 6.04 Å². The van der Waals surface area contributed by atoms with Crippen LogP contribution in [0.3, 0.4) is 0 Å². The van der Waals surface area contributed by atoms with Gasteiger partial charge in [0.1, 0.15) is 0 Å². The normalized spacial score (nSPS) is 20.3. The highest BCUT2D eigenvalue weighted by Gasteiger charge is 2.21. The Balaban J connectivity index is 2.03. The van der Waals surface area contributed by atoms with Crippen LogP contribution >= 0.6 is 0 Å². The molecule has 4 nitrogen and oxygen atoms in total. The summed E-state index contributed by atoms with van der Waals surface area (Å²) in [6.07, 6.45) is 7.55. The molecular formula is C15H26N4. The Labute approximate surface area is 116 Å². The van der Waals surface area contributed by atoms with Gasteiger partial charge in [0.25, 0.3) is 0 Å². The van der Waals surface area contributed by atoms with Crippen LogP contribution in [-0.2, 0) is 0 Å². The number of rotatable bonds is 5. The molecule has 1 aliphatic rings. The van der Waals surface area contributed by atoms with Crippen LogP contribution < -0.4 is 10.2 Å². The molecule has 0 bridgehead atoms. The number of aromatic nitrogens is 1. The Hall–Kier alpha value is -1.29. The lowest BCUT2D eigenvalue weighted by Gasteiger charge is -2.37. The van der Waals surface area contributed by atoms with E-state index in [9.17, 15) is 0 Å². The van der Waals surface area contributed by atoms with Gasteiger partial charge in [-0.1, -0.05) is 6.92 Å². The quantitative estimate of drug-likeness (QED) is 0.883. The molecule has 1 aromatic rings. The fourth-order valence-corrected chi connectivity index (χ4v) is 2.65. The summed E-state index contributed by atoms with van der Waals surface area (Å²) in [7, 11) is 4.39. The van der Waals surface area contributed by atoms with E-state index < -0.39 is 0 Å². The minimum Gasteiger partial charge on any atom is -0.384 e. The third-order valence-corrected chi connectivity index (χ3v) is 3.86. The molecule has 1 atom stereocenters. The Kier molecular flexibility index (Phi) is 5.02. The van der Waals surface area contributed by atoms with Crippen molar-refractivity contribution in [1.82, 2.24) is 9.88 Å². The molecule has 4 heteroatoms. The summed E-state index contributed by atoms with van der Waals surface area (Å²) in [5.41, 5.74) is 2.33. The Morgan fingerprint density at radius 3 is 3.05 bits per heavy atom. The van der Waals surface area contributed by atoms with E-state index in [1.54, 1.807) is 0 Å². The molecule has 0 aromatic carbocycles.